The van der Waals surface area contributed by atoms with E-state index in [-0.39, 0.29) is 16.2 Å². The van der Waals surface area contributed by atoms with Gasteiger partial charge in [0.1, 0.15) is 4.90 Å². The van der Waals surface area contributed by atoms with Crippen LogP contribution in [0.3, 0.4) is 0 Å². The predicted octanol–water partition coefficient (Wildman–Crippen LogP) is 1.77. The van der Waals surface area contributed by atoms with E-state index < -0.39 is 10.0 Å². The lowest BCUT2D eigenvalue weighted by Gasteiger charge is -2.31. The van der Waals surface area contributed by atoms with Gasteiger partial charge in [-0.15, -0.1) is 0 Å². The molecule has 1 N–H and O–H groups in total. The van der Waals surface area contributed by atoms with E-state index in [1.54, 1.807) is 0 Å². The van der Waals surface area contributed by atoms with Gasteiger partial charge < -0.3 is 4.90 Å². The fraction of sp³-hybridized carbons (Fsp3) is 0.692. The molecule has 0 aromatic carbocycles. The Bertz CT molecular complexity index is 530. The normalized spacial score (nSPS) is 13.9. The summed E-state index contributed by atoms with van der Waals surface area (Å²) >= 11 is 5.57. The predicted molar refractivity (Wildman–Crippen MR) is 83.8 cm³/mol. The Kier molecular flexibility index (Phi) is 6.99. The van der Waals surface area contributed by atoms with Crippen molar-refractivity contribution >= 4 is 21.6 Å². The zero-order chi connectivity index (χ0) is 16.0. The Morgan fingerprint density at radius 3 is 2.19 bits per heavy atom. The summed E-state index contributed by atoms with van der Waals surface area (Å²) in [5.41, 5.74) is 0. The summed E-state index contributed by atoms with van der Waals surface area (Å²) in [4.78, 5) is 9.48. The molecule has 0 fully saturated rings. The first kappa shape index (κ1) is 18.3. The van der Waals surface area contributed by atoms with Gasteiger partial charge in [-0.05, 0) is 31.6 Å². The van der Waals surface area contributed by atoms with Crippen LogP contribution in [-0.4, -0.2) is 50.0 Å². The molecule has 0 aliphatic carbocycles. The van der Waals surface area contributed by atoms with E-state index in [1.807, 2.05) is 14.1 Å². The minimum Gasteiger partial charge on any atom is -0.305 e. The van der Waals surface area contributed by atoms with Crippen LogP contribution in [0.15, 0.2) is 17.3 Å². The third kappa shape index (κ3) is 5.18. The molecule has 0 saturated heterocycles. The van der Waals surface area contributed by atoms with Crippen LogP contribution in [0.1, 0.15) is 26.7 Å². The number of hydrogen-bond donors (Lipinski definition) is 1. The Hall–Kier alpha value is -0.760. The van der Waals surface area contributed by atoms with E-state index in [4.69, 9.17) is 11.6 Å². The fourth-order valence-corrected chi connectivity index (χ4v) is 3.36. The van der Waals surface area contributed by atoms with Gasteiger partial charge in [-0.2, -0.15) is 0 Å². The van der Waals surface area contributed by atoms with Gasteiger partial charge in [-0.3, -0.25) is 0 Å². The van der Waals surface area contributed by atoms with Crippen molar-refractivity contribution in [3.8, 4) is 0 Å². The third-order valence-corrected chi connectivity index (χ3v) is 5.22. The first-order valence-electron chi connectivity index (χ1n) is 6.95. The number of hydrogen-bond acceptors (Lipinski definition) is 5. The topological polar surface area (TPSA) is 75.2 Å². The van der Waals surface area contributed by atoms with Crippen LogP contribution in [0.25, 0.3) is 0 Å². The molecule has 21 heavy (non-hydrogen) atoms. The van der Waals surface area contributed by atoms with Crippen LogP contribution in [0.5, 0.6) is 0 Å². The summed E-state index contributed by atoms with van der Waals surface area (Å²) < 4.78 is 27.1. The Morgan fingerprint density at radius 2 is 1.76 bits per heavy atom. The number of likely N-dealkylation sites (N-methyl/N-ethyl adjacent to an activating group) is 1. The van der Waals surface area contributed by atoms with E-state index in [0.717, 1.165) is 12.8 Å². The quantitative estimate of drug-likeness (QED) is 0.733. The van der Waals surface area contributed by atoms with Crippen LogP contribution >= 0.6 is 11.6 Å². The average Bonchev–Trinajstić information content (AvgIpc) is 2.43. The molecular formula is C13H23ClN4O2S. The summed E-state index contributed by atoms with van der Waals surface area (Å²) in [6.07, 6.45) is 4.43. The molecule has 120 valence electrons. The highest BCUT2D eigenvalue weighted by molar-refractivity contribution is 7.89. The lowest BCUT2D eigenvalue weighted by atomic mass is 9.93. The SMILES string of the molecule is CCC(CC)C(CNS(=O)(=O)c1cnc(Cl)nc1)N(C)C. The zero-order valence-electron chi connectivity index (χ0n) is 12.9. The highest BCUT2D eigenvalue weighted by Gasteiger charge is 2.24. The van der Waals surface area contributed by atoms with Gasteiger partial charge in [0.05, 0.1) is 12.4 Å². The monoisotopic (exact) mass is 334 g/mol. The Balaban J connectivity index is 2.81. The van der Waals surface area contributed by atoms with Crippen LogP contribution < -0.4 is 4.72 Å². The average molecular weight is 335 g/mol. The molecule has 8 heteroatoms. The molecule has 1 aromatic heterocycles. The summed E-state index contributed by atoms with van der Waals surface area (Å²) in [7, 11) is 0.306. The molecule has 0 bridgehead atoms. The summed E-state index contributed by atoms with van der Waals surface area (Å²) in [5.74, 6) is 0.434. The van der Waals surface area contributed by atoms with Crippen molar-refractivity contribution in [2.45, 2.75) is 37.6 Å². The zero-order valence-corrected chi connectivity index (χ0v) is 14.4. The number of rotatable bonds is 8. The van der Waals surface area contributed by atoms with E-state index in [1.165, 1.54) is 12.4 Å². The molecule has 0 aliphatic heterocycles. The minimum absolute atomic E-state index is 0.0222. The number of nitrogens with one attached hydrogen (secondary N) is 1. The summed E-state index contributed by atoms with van der Waals surface area (Å²) in [6.45, 7) is 4.59. The van der Waals surface area contributed by atoms with Crippen molar-refractivity contribution in [2.24, 2.45) is 5.92 Å². The molecular weight excluding hydrogens is 312 g/mol. The molecule has 0 saturated carbocycles. The van der Waals surface area contributed by atoms with Gasteiger partial charge in [-0.1, -0.05) is 26.7 Å². The number of nitrogens with zero attached hydrogens (tertiary/aromatic N) is 3. The van der Waals surface area contributed by atoms with Crippen LogP contribution in [0, 0.1) is 5.92 Å². The molecule has 1 unspecified atom stereocenters. The second-order valence-corrected chi connectivity index (χ2v) is 7.25. The van der Waals surface area contributed by atoms with Gasteiger partial charge in [0.2, 0.25) is 15.3 Å². The minimum atomic E-state index is -3.62. The van der Waals surface area contributed by atoms with E-state index in [9.17, 15) is 8.42 Å². The second-order valence-electron chi connectivity index (χ2n) is 5.15. The van der Waals surface area contributed by atoms with Crippen LogP contribution in [0.4, 0.5) is 0 Å². The molecule has 1 atom stereocenters. The van der Waals surface area contributed by atoms with Crippen molar-refractivity contribution in [1.29, 1.82) is 0 Å². The maximum atomic E-state index is 12.2. The molecule has 1 rings (SSSR count). The number of sulfonamides is 1. The molecule has 1 aromatic rings. The first-order valence-corrected chi connectivity index (χ1v) is 8.81. The first-order chi connectivity index (χ1) is 9.81. The number of halogens is 1. The Morgan fingerprint density at radius 1 is 1.24 bits per heavy atom. The highest BCUT2D eigenvalue weighted by atomic mass is 35.5. The van der Waals surface area contributed by atoms with Crippen LogP contribution in [-0.2, 0) is 10.0 Å². The standard InChI is InChI=1S/C13H23ClN4O2S/c1-5-10(6-2)12(18(3)4)9-17-21(19,20)11-7-15-13(14)16-8-11/h7-8,10,12,17H,5-6,9H2,1-4H3. The molecule has 0 amide bonds. The summed E-state index contributed by atoms with van der Waals surface area (Å²) in [5, 5.41) is 0.0251. The van der Waals surface area contributed by atoms with Crippen LogP contribution in [0.2, 0.25) is 5.28 Å². The molecule has 0 spiro atoms. The van der Waals surface area contributed by atoms with E-state index >= 15 is 0 Å². The van der Waals surface area contributed by atoms with Gasteiger partial charge in [0.25, 0.3) is 0 Å². The smallest absolute Gasteiger partial charge is 0.243 e. The molecule has 0 radical (unpaired) electrons. The van der Waals surface area contributed by atoms with Gasteiger partial charge in [0, 0.05) is 12.6 Å². The van der Waals surface area contributed by atoms with Crippen molar-refractivity contribution in [2.75, 3.05) is 20.6 Å². The summed E-state index contributed by atoms with van der Waals surface area (Å²) in [6, 6.07) is 0.142. The van der Waals surface area contributed by atoms with Gasteiger partial charge >= 0.3 is 0 Å². The number of aromatic nitrogens is 2. The molecule has 0 aliphatic rings. The highest BCUT2D eigenvalue weighted by Crippen LogP contribution is 2.17. The fourth-order valence-electron chi connectivity index (χ4n) is 2.32. The van der Waals surface area contributed by atoms with Gasteiger partial charge in [-0.25, -0.2) is 23.1 Å². The van der Waals surface area contributed by atoms with Crippen molar-refractivity contribution in [1.82, 2.24) is 19.6 Å². The molecule has 1 heterocycles. The lowest BCUT2D eigenvalue weighted by molar-refractivity contribution is 0.201. The maximum Gasteiger partial charge on any atom is 0.243 e. The largest absolute Gasteiger partial charge is 0.305 e. The second kappa shape index (κ2) is 8.03. The van der Waals surface area contributed by atoms with E-state index in [0.29, 0.717) is 12.5 Å². The van der Waals surface area contributed by atoms with Gasteiger partial charge in [0.15, 0.2) is 0 Å². The van der Waals surface area contributed by atoms with E-state index in [2.05, 4.69) is 33.4 Å². The third-order valence-electron chi connectivity index (χ3n) is 3.65. The Labute approximate surface area is 132 Å². The van der Waals surface area contributed by atoms with Crippen molar-refractivity contribution in [3.05, 3.63) is 17.7 Å². The lowest BCUT2D eigenvalue weighted by Crippen LogP contribution is -2.44. The van der Waals surface area contributed by atoms with Crippen molar-refractivity contribution < 1.29 is 8.42 Å². The van der Waals surface area contributed by atoms with Crippen molar-refractivity contribution in [3.63, 3.8) is 0 Å². The maximum absolute atomic E-state index is 12.2. The molecule has 6 nitrogen and oxygen atoms in total.